The summed E-state index contributed by atoms with van der Waals surface area (Å²) < 4.78 is 28.7. The van der Waals surface area contributed by atoms with Crippen molar-refractivity contribution in [2.75, 3.05) is 6.54 Å². The van der Waals surface area contributed by atoms with Gasteiger partial charge in [-0.2, -0.15) is 13.5 Å². The van der Waals surface area contributed by atoms with E-state index in [9.17, 15) is 13.2 Å². The molecule has 0 saturated heterocycles. The third-order valence-corrected chi connectivity index (χ3v) is 5.28. The number of amidine groups is 1. The molecular weight excluding hydrogens is 390 g/mol. The average Bonchev–Trinajstić information content (AvgIpc) is 2.93. The van der Waals surface area contributed by atoms with Gasteiger partial charge < -0.3 is 5.32 Å². The van der Waals surface area contributed by atoms with Gasteiger partial charge >= 0.3 is 0 Å². The normalized spacial score (nSPS) is 15.1. The van der Waals surface area contributed by atoms with Crippen molar-refractivity contribution in [1.29, 1.82) is 0 Å². The molecular formula is C20H23N5O3S. The Morgan fingerprint density at radius 2 is 1.97 bits per heavy atom. The number of sulfonamides is 1. The molecule has 0 saturated carbocycles. The molecule has 152 valence electrons. The number of carbonyl (C=O) groups is 1. The lowest BCUT2D eigenvalue weighted by Gasteiger charge is -2.22. The molecule has 1 aliphatic heterocycles. The lowest BCUT2D eigenvalue weighted by molar-refractivity contribution is -0.122. The van der Waals surface area contributed by atoms with Crippen molar-refractivity contribution in [2.45, 2.75) is 37.6 Å². The molecule has 0 bridgehead atoms. The summed E-state index contributed by atoms with van der Waals surface area (Å²) in [6.07, 6.45) is 4.97. The lowest BCUT2D eigenvalue weighted by Crippen LogP contribution is -2.42. The molecule has 0 unspecified atom stereocenters. The number of hydrazone groups is 1. The number of benzene rings is 1. The minimum absolute atomic E-state index is 0.128. The van der Waals surface area contributed by atoms with E-state index in [0.717, 1.165) is 5.56 Å². The SMILES string of the molecule is CC(C)(C)NC(=O)CCN(/N=C\c1cccnc1)C1=NS(=O)(=O)c2ccccc21. The second kappa shape index (κ2) is 8.12. The second-order valence-electron chi connectivity index (χ2n) is 7.59. The van der Waals surface area contributed by atoms with E-state index in [-0.39, 0.29) is 35.1 Å². The molecule has 1 amide bonds. The van der Waals surface area contributed by atoms with Crippen molar-refractivity contribution in [3.05, 3.63) is 59.9 Å². The number of rotatable bonds is 5. The van der Waals surface area contributed by atoms with Crippen LogP contribution in [0.1, 0.15) is 38.3 Å². The van der Waals surface area contributed by atoms with E-state index in [2.05, 4.69) is 19.8 Å². The molecule has 1 aromatic heterocycles. The number of hydrogen-bond acceptors (Lipinski definition) is 6. The quantitative estimate of drug-likeness (QED) is 0.598. The zero-order valence-electron chi connectivity index (χ0n) is 16.5. The van der Waals surface area contributed by atoms with Crippen LogP contribution in [0.2, 0.25) is 0 Å². The molecule has 8 nitrogen and oxygen atoms in total. The Kier molecular flexibility index (Phi) is 5.78. The third-order valence-electron chi connectivity index (χ3n) is 3.95. The van der Waals surface area contributed by atoms with Crippen molar-refractivity contribution in [3.8, 4) is 0 Å². The maximum Gasteiger partial charge on any atom is 0.285 e. The monoisotopic (exact) mass is 413 g/mol. The van der Waals surface area contributed by atoms with Gasteiger partial charge in [-0.15, -0.1) is 4.40 Å². The molecule has 0 atom stereocenters. The average molecular weight is 414 g/mol. The minimum Gasteiger partial charge on any atom is -0.351 e. The molecule has 1 N–H and O–H groups in total. The molecule has 1 aromatic carbocycles. The summed E-state index contributed by atoms with van der Waals surface area (Å²) in [5.74, 6) is 0.0399. The van der Waals surface area contributed by atoms with Crippen LogP contribution >= 0.6 is 0 Å². The first-order valence-corrected chi connectivity index (χ1v) is 10.6. The van der Waals surface area contributed by atoms with Gasteiger partial charge in [-0.25, -0.2) is 5.01 Å². The molecule has 2 heterocycles. The van der Waals surface area contributed by atoms with Crippen molar-refractivity contribution < 1.29 is 13.2 Å². The first-order chi connectivity index (χ1) is 13.7. The Labute approximate surface area is 170 Å². The number of aromatic nitrogens is 1. The Hall–Kier alpha value is -3.07. The zero-order chi connectivity index (χ0) is 21.1. The highest BCUT2D eigenvalue weighted by atomic mass is 32.2. The maximum absolute atomic E-state index is 12.4. The van der Waals surface area contributed by atoms with E-state index in [1.165, 1.54) is 11.1 Å². The van der Waals surface area contributed by atoms with Gasteiger partial charge in [-0.05, 0) is 39.0 Å². The second-order valence-corrected chi connectivity index (χ2v) is 9.16. The highest BCUT2D eigenvalue weighted by Gasteiger charge is 2.32. The van der Waals surface area contributed by atoms with Crippen LogP contribution < -0.4 is 5.32 Å². The van der Waals surface area contributed by atoms with Crippen molar-refractivity contribution >= 4 is 28.0 Å². The fourth-order valence-corrected chi connectivity index (χ4v) is 3.98. The number of nitrogens with one attached hydrogen (secondary N) is 1. The van der Waals surface area contributed by atoms with Crippen molar-refractivity contribution in [2.24, 2.45) is 9.50 Å². The molecule has 9 heteroatoms. The van der Waals surface area contributed by atoms with Gasteiger partial charge in [-0.1, -0.05) is 18.2 Å². The first-order valence-electron chi connectivity index (χ1n) is 9.13. The van der Waals surface area contributed by atoms with Gasteiger partial charge in [0.15, 0.2) is 5.84 Å². The van der Waals surface area contributed by atoms with E-state index in [0.29, 0.717) is 5.56 Å². The van der Waals surface area contributed by atoms with Gasteiger partial charge in [0.05, 0.1) is 12.8 Å². The van der Waals surface area contributed by atoms with E-state index in [1.54, 1.807) is 42.9 Å². The van der Waals surface area contributed by atoms with Gasteiger partial charge in [0, 0.05) is 35.5 Å². The molecule has 1 aliphatic rings. The molecule has 0 aliphatic carbocycles. The number of amides is 1. The predicted molar refractivity (Wildman–Crippen MR) is 111 cm³/mol. The van der Waals surface area contributed by atoms with Crippen LogP contribution in [-0.2, 0) is 14.8 Å². The number of nitrogens with zero attached hydrogens (tertiary/aromatic N) is 4. The molecule has 2 aromatic rings. The Balaban J connectivity index is 1.89. The molecule has 0 spiro atoms. The summed E-state index contributed by atoms with van der Waals surface area (Å²) in [4.78, 5) is 16.4. The number of carbonyl (C=O) groups excluding carboxylic acids is 1. The molecule has 0 radical (unpaired) electrons. The fraction of sp³-hybridized carbons (Fsp3) is 0.300. The first kappa shape index (κ1) is 20.7. The predicted octanol–water partition coefficient (Wildman–Crippen LogP) is 2.17. The smallest absolute Gasteiger partial charge is 0.285 e. The summed E-state index contributed by atoms with van der Waals surface area (Å²) in [5.41, 5.74) is 0.847. The highest BCUT2D eigenvalue weighted by Crippen LogP contribution is 2.27. The van der Waals surface area contributed by atoms with Crippen molar-refractivity contribution in [1.82, 2.24) is 15.3 Å². The van der Waals surface area contributed by atoms with E-state index in [4.69, 9.17) is 0 Å². The van der Waals surface area contributed by atoms with Crippen LogP contribution in [-0.4, -0.2) is 48.5 Å². The van der Waals surface area contributed by atoms with Gasteiger partial charge in [0.1, 0.15) is 4.90 Å². The molecule has 3 rings (SSSR count). The summed E-state index contributed by atoms with van der Waals surface area (Å²) >= 11 is 0. The number of pyridine rings is 1. The standard InChI is InChI=1S/C20H23N5O3S/c1-20(2,3)23-18(26)10-12-25(22-14-15-7-6-11-21-13-15)19-16-8-4-5-9-17(16)29(27,28)24-19/h4-9,11,13-14H,10,12H2,1-3H3,(H,23,26)/b22-14-. The summed E-state index contributed by atoms with van der Waals surface area (Å²) in [5, 5.41) is 8.73. The summed E-state index contributed by atoms with van der Waals surface area (Å²) in [7, 11) is -3.79. The van der Waals surface area contributed by atoms with E-state index >= 15 is 0 Å². The van der Waals surface area contributed by atoms with E-state index < -0.39 is 10.0 Å². The Morgan fingerprint density at radius 1 is 1.21 bits per heavy atom. The Bertz CT molecular complexity index is 1060. The Morgan fingerprint density at radius 3 is 2.66 bits per heavy atom. The number of fused-ring (bicyclic) bond motifs is 1. The third kappa shape index (κ3) is 5.26. The highest BCUT2D eigenvalue weighted by molar-refractivity contribution is 7.90. The fourth-order valence-electron chi connectivity index (χ4n) is 2.77. The van der Waals surface area contributed by atoms with Gasteiger partial charge in [0.2, 0.25) is 5.91 Å². The van der Waals surface area contributed by atoms with Crippen LogP contribution in [0.5, 0.6) is 0 Å². The zero-order valence-corrected chi connectivity index (χ0v) is 17.3. The van der Waals surface area contributed by atoms with Crippen LogP contribution in [0.4, 0.5) is 0 Å². The summed E-state index contributed by atoms with van der Waals surface area (Å²) in [6.45, 7) is 5.86. The lowest BCUT2D eigenvalue weighted by atomic mass is 10.1. The molecule has 29 heavy (non-hydrogen) atoms. The minimum atomic E-state index is -3.79. The van der Waals surface area contributed by atoms with Crippen molar-refractivity contribution in [3.63, 3.8) is 0 Å². The summed E-state index contributed by atoms with van der Waals surface area (Å²) in [6, 6.07) is 10.2. The number of hydrogen-bond donors (Lipinski definition) is 1. The topological polar surface area (TPSA) is 104 Å². The van der Waals surface area contributed by atoms with Crippen LogP contribution in [0.25, 0.3) is 0 Å². The molecule has 0 fully saturated rings. The van der Waals surface area contributed by atoms with E-state index in [1.807, 2.05) is 26.8 Å². The van der Waals surface area contributed by atoms with Gasteiger partial charge in [0.25, 0.3) is 10.0 Å². The maximum atomic E-state index is 12.4. The van der Waals surface area contributed by atoms with Crippen LogP contribution in [0, 0.1) is 0 Å². The largest absolute Gasteiger partial charge is 0.351 e. The van der Waals surface area contributed by atoms with Crippen LogP contribution in [0.3, 0.4) is 0 Å². The van der Waals surface area contributed by atoms with Crippen LogP contribution in [0.15, 0.2) is 63.2 Å². The van der Waals surface area contributed by atoms with Gasteiger partial charge in [-0.3, -0.25) is 9.78 Å².